The number of carbonyl (C=O) groups is 2. The molecule has 39 heavy (non-hydrogen) atoms. The standard InChI is InChI=1S/C28H23ClF3NO6/c1-4-16-11-18(39-19-7-9-21(26(35)36)22(29)13-19)6-8-20(16)15(2)27(37,28(30,31)32)17-5-10-24-23(12-17)33(3)25(34)14-38-24/h4-13,15,37H,1,14H2,2-3H3,(H,35,36)/t15-,27-/m1/s1. The van der Waals surface area contributed by atoms with Crippen LogP contribution in [0.5, 0.6) is 17.2 Å². The number of halogens is 4. The summed E-state index contributed by atoms with van der Waals surface area (Å²) in [4.78, 5) is 24.4. The maximum Gasteiger partial charge on any atom is 0.422 e. The van der Waals surface area contributed by atoms with Crippen LogP contribution in [0.4, 0.5) is 18.9 Å². The molecule has 1 aliphatic rings. The molecule has 11 heteroatoms. The third kappa shape index (κ3) is 5.05. The zero-order valence-electron chi connectivity index (χ0n) is 20.8. The number of alkyl halides is 3. The first kappa shape index (κ1) is 28.0. The summed E-state index contributed by atoms with van der Waals surface area (Å²) < 4.78 is 54.8. The molecule has 0 spiro atoms. The van der Waals surface area contributed by atoms with Crippen LogP contribution in [0.15, 0.2) is 61.2 Å². The number of carboxylic acid groups (broad SMARTS) is 1. The van der Waals surface area contributed by atoms with E-state index in [9.17, 15) is 27.9 Å². The number of likely N-dealkylation sites (N-methyl/N-ethyl adjacent to an activating group) is 1. The molecule has 1 amide bonds. The molecule has 1 heterocycles. The number of hydrogen-bond donors (Lipinski definition) is 2. The van der Waals surface area contributed by atoms with Gasteiger partial charge in [0, 0.05) is 19.0 Å². The summed E-state index contributed by atoms with van der Waals surface area (Å²) >= 11 is 5.99. The second kappa shape index (κ2) is 10.3. The lowest BCUT2D eigenvalue weighted by Crippen LogP contribution is -2.47. The van der Waals surface area contributed by atoms with Crippen LogP contribution in [0, 0.1) is 0 Å². The van der Waals surface area contributed by atoms with E-state index in [4.69, 9.17) is 26.2 Å². The highest BCUT2D eigenvalue weighted by Gasteiger charge is 2.59. The van der Waals surface area contributed by atoms with Gasteiger partial charge in [0.15, 0.2) is 12.2 Å². The highest BCUT2D eigenvalue weighted by molar-refractivity contribution is 6.33. The number of rotatable bonds is 7. The van der Waals surface area contributed by atoms with Crippen LogP contribution < -0.4 is 14.4 Å². The molecule has 0 aromatic heterocycles. The zero-order valence-corrected chi connectivity index (χ0v) is 21.5. The summed E-state index contributed by atoms with van der Waals surface area (Å²) in [7, 11) is 1.42. The van der Waals surface area contributed by atoms with E-state index in [1.165, 1.54) is 67.4 Å². The molecule has 2 N–H and O–H groups in total. The topological polar surface area (TPSA) is 96.3 Å². The summed E-state index contributed by atoms with van der Waals surface area (Å²) in [5, 5.41) is 20.4. The van der Waals surface area contributed by atoms with Gasteiger partial charge in [0.05, 0.1) is 16.3 Å². The molecule has 3 aromatic rings. The van der Waals surface area contributed by atoms with E-state index >= 15 is 0 Å². The maximum absolute atomic E-state index is 14.6. The van der Waals surface area contributed by atoms with Gasteiger partial charge in [-0.3, -0.25) is 4.79 Å². The Labute approximate surface area is 226 Å². The first-order valence-corrected chi connectivity index (χ1v) is 12.0. The summed E-state index contributed by atoms with van der Waals surface area (Å²) in [6, 6.07) is 11.7. The molecular formula is C28H23ClF3NO6. The predicted octanol–water partition coefficient (Wildman–Crippen LogP) is 6.38. The first-order valence-electron chi connectivity index (χ1n) is 11.6. The number of hydrogen-bond acceptors (Lipinski definition) is 5. The summed E-state index contributed by atoms with van der Waals surface area (Å²) in [5.74, 6) is -2.51. The molecule has 7 nitrogen and oxygen atoms in total. The third-order valence-corrected chi connectivity index (χ3v) is 7.01. The number of fused-ring (bicyclic) bond motifs is 1. The Balaban J connectivity index is 1.73. The van der Waals surface area contributed by atoms with Crippen molar-refractivity contribution in [1.82, 2.24) is 0 Å². The summed E-state index contributed by atoms with van der Waals surface area (Å²) in [5.41, 5.74) is -3.41. The smallest absolute Gasteiger partial charge is 0.422 e. The number of anilines is 1. The second-order valence-electron chi connectivity index (χ2n) is 8.95. The van der Waals surface area contributed by atoms with Crippen LogP contribution in [-0.2, 0) is 10.4 Å². The molecule has 4 rings (SSSR count). The van der Waals surface area contributed by atoms with Gasteiger partial charge in [-0.1, -0.05) is 43.3 Å². The van der Waals surface area contributed by atoms with E-state index in [0.717, 1.165) is 12.1 Å². The van der Waals surface area contributed by atoms with E-state index in [1.54, 1.807) is 0 Å². The number of aromatic carboxylic acids is 1. The lowest BCUT2D eigenvalue weighted by molar-refractivity contribution is -0.274. The van der Waals surface area contributed by atoms with Crippen molar-refractivity contribution in [3.05, 3.63) is 88.5 Å². The van der Waals surface area contributed by atoms with Gasteiger partial charge in [-0.15, -0.1) is 0 Å². The molecule has 3 aromatic carbocycles. The van der Waals surface area contributed by atoms with Crippen LogP contribution in [-0.4, -0.2) is 41.9 Å². The molecule has 204 valence electrons. The molecule has 2 atom stereocenters. The Bertz CT molecular complexity index is 1470. The number of carbonyl (C=O) groups excluding carboxylic acids is 1. The highest BCUT2D eigenvalue weighted by Crippen LogP contribution is 2.51. The fourth-order valence-electron chi connectivity index (χ4n) is 4.45. The molecule has 0 fully saturated rings. The second-order valence-corrected chi connectivity index (χ2v) is 9.36. The van der Waals surface area contributed by atoms with Crippen molar-refractivity contribution in [3.63, 3.8) is 0 Å². The first-order chi connectivity index (χ1) is 18.3. The lowest BCUT2D eigenvalue weighted by atomic mass is 9.76. The average Bonchev–Trinajstić information content (AvgIpc) is 2.89. The number of aliphatic hydroxyl groups is 1. The van der Waals surface area contributed by atoms with Crippen LogP contribution >= 0.6 is 11.6 Å². The van der Waals surface area contributed by atoms with E-state index in [1.807, 2.05) is 0 Å². The molecule has 0 bridgehead atoms. The van der Waals surface area contributed by atoms with E-state index in [-0.39, 0.29) is 51.3 Å². The van der Waals surface area contributed by atoms with Crippen molar-refractivity contribution in [1.29, 1.82) is 0 Å². The van der Waals surface area contributed by atoms with Crippen molar-refractivity contribution in [2.75, 3.05) is 18.6 Å². The van der Waals surface area contributed by atoms with Gasteiger partial charge in [-0.25, -0.2) is 4.79 Å². The van der Waals surface area contributed by atoms with Crippen molar-refractivity contribution < 1.29 is 42.4 Å². The molecule has 0 saturated heterocycles. The molecule has 0 saturated carbocycles. The largest absolute Gasteiger partial charge is 0.482 e. The number of benzene rings is 3. The Morgan fingerprint density at radius 3 is 2.44 bits per heavy atom. The SMILES string of the molecule is C=Cc1cc(Oc2ccc(C(=O)O)c(Cl)c2)ccc1[C@@H](C)[C@@](O)(c1ccc2c(c1)N(C)C(=O)CO2)C(F)(F)F. The van der Waals surface area contributed by atoms with Crippen molar-refractivity contribution in [2.24, 2.45) is 0 Å². The predicted molar refractivity (Wildman–Crippen MR) is 139 cm³/mol. The Hall–Kier alpha value is -4.02. The molecular weight excluding hydrogens is 539 g/mol. The van der Waals surface area contributed by atoms with E-state index < -0.39 is 35.1 Å². The van der Waals surface area contributed by atoms with Gasteiger partial charge in [0.25, 0.3) is 5.91 Å². The van der Waals surface area contributed by atoms with Crippen molar-refractivity contribution >= 4 is 35.2 Å². The average molecular weight is 562 g/mol. The van der Waals surface area contributed by atoms with Gasteiger partial charge in [-0.2, -0.15) is 13.2 Å². The molecule has 1 aliphatic heterocycles. The normalized spacial score (nSPS) is 15.6. The lowest BCUT2D eigenvalue weighted by Gasteiger charge is -2.38. The summed E-state index contributed by atoms with van der Waals surface area (Å²) in [6.07, 6.45) is -3.77. The van der Waals surface area contributed by atoms with Crippen LogP contribution in [0.25, 0.3) is 6.08 Å². The van der Waals surface area contributed by atoms with Crippen molar-refractivity contribution in [3.8, 4) is 17.2 Å². The van der Waals surface area contributed by atoms with E-state index in [0.29, 0.717) is 0 Å². The fraction of sp³-hybridized carbons (Fsp3) is 0.214. The number of nitrogens with zero attached hydrogens (tertiary/aromatic N) is 1. The quantitative estimate of drug-likeness (QED) is 0.347. The molecule has 0 radical (unpaired) electrons. The van der Waals surface area contributed by atoms with Crippen LogP contribution in [0.2, 0.25) is 5.02 Å². The minimum atomic E-state index is -5.10. The maximum atomic E-state index is 14.6. The number of amides is 1. The minimum absolute atomic E-state index is 0.0489. The highest BCUT2D eigenvalue weighted by atomic mass is 35.5. The van der Waals surface area contributed by atoms with Gasteiger partial charge in [0.2, 0.25) is 0 Å². The van der Waals surface area contributed by atoms with Gasteiger partial charge in [-0.05, 0) is 53.1 Å². The third-order valence-electron chi connectivity index (χ3n) is 6.70. The van der Waals surface area contributed by atoms with Gasteiger partial charge in [0.1, 0.15) is 17.2 Å². The zero-order chi connectivity index (χ0) is 28.7. The van der Waals surface area contributed by atoms with Crippen molar-refractivity contribution in [2.45, 2.75) is 24.6 Å². The van der Waals surface area contributed by atoms with Crippen LogP contribution in [0.1, 0.15) is 39.9 Å². The summed E-state index contributed by atoms with van der Waals surface area (Å²) in [6.45, 7) is 4.70. The minimum Gasteiger partial charge on any atom is -0.482 e. The Morgan fingerprint density at radius 1 is 1.15 bits per heavy atom. The van der Waals surface area contributed by atoms with Gasteiger partial charge >= 0.3 is 12.1 Å². The van der Waals surface area contributed by atoms with Gasteiger partial charge < -0.3 is 24.6 Å². The monoisotopic (exact) mass is 561 g/mol. The Kier molecular flexibility index (Phi) is 7.38. The number of carboxylic acids is 1. The fourth-order valence-corrected chi connectivity index (χ4v) is 4.70. The van der Waals surface area contributed by atoms with Crippen LogP contribution in [0.3, 0.4) is 0 Å². The van der Waals surface area contributed by atoms with E-state index in [2.05, 4.69) is 6.58 Å². The number of ether oxygens (including phenoxy) is 2. The Morgan fingerprint density at radius 2 is 1.82 bits per heavy atom. The molecule has 0 unspecified atom stereocenters. The molecule has 0 aliphatic carbocycles.